The van der Waals surface area contributed by atoms with E-state index >= 15 is 0 Å². The van der Waals surface area contributed by atoms with E-state index in [-0.39, 0.29) is 17.6 Å². The first-order valence-electron chi connectivity index (χ1n) is 6.34. The molecular formula is C13H21FN2O2S. The van der Waals surface area contributed by atoms with Crippen molar-refractivity contribution in [3.63, 3.8) is 0 Å². The molecule has 0 aliphatic heterocycles. The number of benzene rings is 1. The Morgan fingerprint density at radius 3 is 2.37 bits per heavy atom. The van der Waals surface area contributed by atoms with Crippen LogP contribution in [0.25, 0.3) is 0 Å². The van der Waals surface area contributed by atoms with Crippen molar-refractivity contribution in [1.29, 1.82) is 0 Å². The van der Waals surface area contributed by atoms with E-state index in [1.807, 2.05) is 13.8 Å². The van der Waals surface area contributed by atoms with Gasteiger partial charge in [0.25, 0.3) is 0 Å². The van der Waals surface area contributed by atoms with E-state index in [2.05, 4.69) is 10.0 Å². The molecule has 0 heterocycles. The van der Waals surface area contributed by atoms with Gasteiger partial charge in [0.05, 0.1) is 5.75 Å². The number of sulfonamides is 1. The zero-order valence-electron chi connectivity index (χ0n) is 11.3. The minimum Gasteiger partial charge on any atom is -0.313 e. The predicted octanol–water partition coefficient (Wildman–Crippen LogP) is 1.29. The number of hydrogen-bond acceptors (Lipinski definition) is 3. The van der Waals surface area contributed by atoms with Gasteiger partial charge in [0.1, 0.15) is 5.82 Å². The molecule has 0 saturated heterocycles. The fraction of sp³-hybridized carbons (Fsp3) is 0.538. The fourth-order valence-corrected chi connectivity index (χ4v) is 2.50. The molecule has 1 rings (SSSR count). The Bertz CT molecular complexity index is 472. The molecule has 0 radical (unpaired) electrons. The normalized spacial score (nSPS) is 12.0. The molecule has 1 aromatic rings. The number of nitrogens with one attached hydrogen (secondary N) is 2. The Morgan fingerprint density at radius 2 is 1.79 bits per heavy atom. The lowest BCUT2D eigenvalue weighted by molar-refractivity contribution is 0.567. The van der Waals surface area contributed by atoms with E-state index in [1.165, 1.54) is 12.1 Å². The summed E-state index contributed by atoms with van der Waals surface area (Å²) in [6.07, 6.45) is 0.553. The maximum absolute atomic E-state index is 12.7. The molecule has 19 heavy (non-hydrogen) atoms. The molecule has 0 spiro atoms. The predicted molar refractivity (Wildman–Crippen MR) is 75.0 cm³/mol. The average molecular weight is 288 g/mol. The monoisotopic (exact) mass is 288 g/mol. The molecule has 0 aliphatic carbocycles. The summed E-state index contributed by atoms with van der Waals surface area (Å²) in [6, 6.07) is 6.33. The van der Waals surface area contributed by atoms with Crippen molar-refractivity contribution in [2.45, 2.75) is 26.3 Å². The summed E-state index contributed by atoms with van der Waals surface area (Å²) in [6.45, 7) is 4.70. The quantitative estimate of drug-likeness (QED) is 0.758. The first kappa shape index (κ1) is 16.1. The van der Waals surface area contributed by atoms with Crippen LogP contribution in [-0.4, -0.2) is 33.3 Å². The third-order valence-corrected chi connectivity index (χ3v) is 3.96. The van der Waals surface area contributed by atoms with Gasteiger partial charge in [0.15, 0.2) is 0 Å². The van der Waals surface area contributed by atoms with Gasteiger partial charge in [0, 0.05) is 19.1 Å². The SMILES string of the molecule is CC(C)NCCS(=O)(=O)NCCc1ccc(F)cc1. The van der Waals surface area contributed by atoms with Crippen molar-refractivity contribution in [2.24, 2.45) is 0 Å². The maximum Gasteiger partial charge on any atom is 0.212 e. The highest BCUT2D eigenvalue weighted by atomic mass is 32.2. The van der Waals surface area contributed by atoms with Crippen LogP contribution < -0.4 is 10.0 Å². The first-order valence-corrected chi connectivity index (χ1v) is 7.99. The summed E-state index contributed by atoms with van der Waals surface area (Å²) >= 11 is 0. The van der Waals surface area contributed by atoms with Crippen molar-refractivity contribution in [3.05, 3.63) is 35.6 Å². The van der Waals surface area contributed by atoms with Gasteiger partial charge in [-0.25, -0.2) is 17.5 Å². The van der Waals surface area contributed by atoms with Crippen molar-refractivity contribution < 1.29 is 12.8 Å². The number of hydrogen-bond donors (Lipinski definition) is 2. The summed E-state index contributed by atoms with van der Waals surface area (Å²) in [5, 5.41) is 3.06. The van der Waals surface area contributed by atoms with E-state index in [0.29, 0.717) is 19.5 Å². The van der Waals surface area contributed by atoms with Gasteiger partial charge < -0.3 is 5.32 Å². The Balaban J connectivity index is 2.29. The highest BCUT2D eigenvalue weighted by Crippen LogP contribution is 2.02. The summed E-state index contributed by atoms with van der Waals surface area (Å²) in [5.41, 5.74) is 0.907. The highest BCUT2D eigenvalue weighted by Gasteiger charge is 2.09. The van der Waals surface area contributed by atoms with E-state index < -0.39 is 10.0 Å². The van der Waals surface area contributed by atoms with Crippen molar-refractivity contribution in [2.75, 3.05) is 18.8 Å². The third kappa shape index (κ3) is 7.25. The van der Waals surface area contributed by atoms with Crippen LogP contribution in [-0.2, 0) is 16.4 Å². The van der Waals surface area contributed by atoms with Crippen molar-refractivity contribution in [3.8, 4) is 0 Å². The van der Waals surface area contributed by atoms with Gasteiger partial charge in [-0.3, -0.25) is 0 Å². The van der Waals surface area contributed by atoms with Crippen LogP contribution in [0, 0.1) is 5.82 Å². The highest BCUT2D eigenvalue weighted by molar-refractivity contribution is 7.89. The second kappa shape index (κ2) is 7.57. The molecule has 0 saturated carbocycles. The van der Waals surface area contributed by atoms with E-state index in [9.17, 15) is 12.8 Å². The van der Waals surface area contributed by atoms with Gasteiger partial charge >= 0.3 is 0 Å². The van der Waals surface area contributed by atoms with Gasteiger partial charge in [-0.2, -0.15) is 0 Å². The Morgan fingerprint density at radius 1 is 1.16 bits per heavy atom. The molecule has 0 aromatic heterocycles. The average Bonchev–Trinajstić information content (AvgIpc) is 2.30. The third-order valence-electron chi connectivity index (χ3n) is 2.57. The molecule has 0 atom stereocenters. The largest absolute Gasteiger partial charge is 0.313 e. The number of halogens is 1. The molecular weight excluding hydrogens is 267 g/mol. The Labute approximate surface area is 114 Å². The summed E-state index contributed by atoms with van der Waals surface area (Å²) in [5.74, 6) is -0.224. The lowest BCUT2D eigenvalue weighted by atomic mass is 10.1. The van der Waals surface area contributed by atoms with E-state index in [1.54, 1.807) is 12.1 Å². The molecule has 4 nitrogen and oxygen atoms in total. The second-order valence-corrected chi connectivity index (χ2v) is 6.62. The number of rotatable bonds is 8. The summed E-state index contributed by atoms with van der Waals surface area (Å²) < 4.78 is 38.5. The zero-order chi connectivity index (χ0) is 14.3. The maximum atomic E-state index is 12.7. The molecule has 0 aliphatic rings. The molecule has 0 unspecified atom stereocenters. The first-order chi connectivity index (χ1) is 8.89. The van der Waals surface area contributed by atoms with Gasteiger partial charge in [0.2, 0.25) is 10.0 Å². The molecule has 2 N–H and O–H groups in total. The molecule has 0 amide bonds. The second-order valence-electron chi connectivity index (χ2n) is 4.70. The van der Waals surface area contributed by atoms with Crippen LogP contribution in [0.4, 0.5) is 4.39 Å². The molecule has 0 bridgehead atoms. The Hall–Kier alpha value is -0.980. The lowest BCUT2D eigenvalue weighted by Gasteiger charge is -2.09. The lowest BCUT2D eigenvalue weighted by Crippen LogP contribution is -2.35. The molecule has 0 fully saturated rings. The molecule has 108 valence electrons. The van der Waals surface area contributed by atoms with E-state index in [0.717, 1.165) is 5.56 Å². The summed E-state index contributed by atoms with van der Waals surface area (Å²) in [4.78, 5) is 0. The van der Waals surface area contributed by atoms with Crippen LogP contribution in [0.5, 0.6) is 0 Å². The van der Waals surface area contributed by atoms with Gasteiger partial charge in [-0.1, -0.05) is 26.0 Å². The van der Waals surface area contributed by atoms with Crippen LogP contribution in [0.1, 0.15) is 19.4 Å². The fourth-order valence-electron chi connectivity index (χ4n) is 1.56. The standard InChI is InChI=1S/C13H21FN2O2S/c1-11(2)15-9-10-19(17,18)16-8-7-12-3-5-13(14)6-4-12/h3-6,11,15-16H,7-10H2,1-2H3. The van der Waals surface area contributed by atoms with Gasteiger partial charge in [-0.15, -0.1) is 0 Å². The minimum absolute atomic E-state index is 0.0641. The van der Waals surface area contributed by atoms with Crippen molar-refractivity contribution >= 4 is 10.0 Å². The smallest absolute Gasteiger partial charge is 0.212 e. The Kier molecular flexibility index (Phi) is 6.41. The van der Waals surface area contributed by atoms with Crippen LogP contribution in [0.15, 0.2) is 24.3 Å². The topological polar surface area (TPSA) is 58.2 Å². The molecule has 1 aromatic carbocycles. The van der Waals surface area contributed by atoms with Crippen molar-refractivity contribution in [1.82, 2.24) is 10.0 Å². The van der Waals surface area contributed by atoms with Crippen LogP contribution in [0.2, 0.25) is 0 Å². The van der Waals surface area contributed by atoms with E-state index in [4.69, 9.17) is 0 Å². The van der Waals surface area contributed by atoms with Gasteiger partial charge in [-0.05, 0) is 24.1 Å². The molecule has 6 heteroatoms. The minimum atomic E-state index is -3.24. The zero-order valence-corrected chi connectivity index (χ0v) is 12.1. The van der Waals surface area contributed by atoms with Crippen LogP contribution >= 0.6 is 0 Å². The van der Waals surface area contributed by atoms with Crippen LogP contribution in [0.3, 0.4) is 0 Å². The summed E-state index contributed by atoms with van der Waals surface area (Å²) in [7, 11) is -3.24.